The molecule has 0 aliphatic carbocycles. The summed E-state index contributed by atoms with van der Waals surface area (Å²) in [6.07, 6.45) is 6.83. The molecule has 134 valence electrons. The zero-order valence-electron chi connectivity index (χ0n) is 14.7. The van der Waals surface area contributed by atoms with Gasteiger partial charge in [0.1, 0.15) is 23.8 Å². The van der Waals surface area contributed by atoms with Crippen molar-refractivity contribution in [3.05, 3.63) is 90.1 Å². The molecular weight excluding hydrogens is 342 g/mol. The molecular formula is C21H17N3O3. The van der Waals surface area contributed by atoms with Crippen molar-refractivity contribution in [1.82, 2.24) is 14.4 Å². The number of carbonyl (C=O) groups excluding carboxylic acids is 1. The molecule has 0 atom stereocenters. The van der Waals surface area contributed by atoms with Crippen molar-refractivity contribution in [2.75, 3.05) is 0 Å². The van der Waals surface area contributed by atoms with Gasteiger partial charge in [0, 0.05) is 24.2 Å². The number of para-hydroxylation sites is 1. The molecule has 1 aromatic carbocycles. The molecule has 0 fully saturated rings. The minimum Gasteiger partial charge on any atom is -0.456 e. The number of aryl methyl sites for hydroxylation is 1. The van der Waals surface area contributed by atoms with Crippen LogP contribution >= 0.6 is 0 Å². The largest absolute Gasteiger partial charge is 0.456 e. The van der Waals surface area contributed by atoms with Crippen LogP contribution in [0, 0.1) is 6.92 Å². The number of benzene rings is 1. The van der Waals surface area contributed by atoms with Gasteiger partial charge in [-0.15, -0.1) is 0 Å². The molecule has 6 heteroatoms. The zero-order valence-corrected chi connectivity index (χ0v) is 14.7. The Morgan fingerprint density at radius 1 is 1.15 bits per heavy atom. The summed E-state index contributed by atoms with van der Waals surface area (Å²) in [5.74, 6) is 0.753. The Morgan fingerprint density at radius 3 is 2.89 bits per heavy atom. The lowest BCUT2D eigenvalue weighted by atomic mass is 10.2. The van der Waals surface area contributed by atoms with Gasteiger partial charge in [0.05, 0.1) is 6.20 Å². The normalized spacial score (nSPS) is 10.7. The molecule has 0 saturated carbocycles. The van der Waals surface area contributed by atoms with E-state index in [9.17, 15) is 4.79 Å². The first-order valence-electron chi connectivity index (χ1n) is 8.47. The number of esters is 1. The standard InChI is InChI=1S/C21H17N3O3/c1-15-8-10-24-13-18(23-20(24)11-15)21(25)26-14-16-5-2-3-7-19(16)27-17-6-4-9-22-12-17/h2-13H,14H2,1H3. The summed E-state index contributed by atoms with van der Waals surface area (Å²) in [6, 6.07) is 14.9. The predicted octanol–water partition coefficient (Wildman–Crippen LogP) is 4.19. The number of pyridine rings is 2. The third-order valence-electron chi connectivity index (χ3n) is 4.02. The second kappa shape index (κ2) is 7.29. The maximum atomic E-state index is 12.4. The summed E-state index contributed by atoms with van der Waals surface area (Å²) in [6.45, 7) is 2.06. The smallest absolute Gasteiger partial charge is 0.358 e. The van der Waals surface area contributed by atoms with Crippen LogP contribution < -0.4 is 4.74 Å². The van der Waals surface area contributed by atoms with E-state index in [0.717, 1.165) is 11.1 Å². The average Bonchev–Trinajstić information content (AvgIpc) is 3.11. The van der Waals surface area contributed by atoms with Crippen molar-refractivity contribution in [2.24, 2.45) is 0 Å². The zero-order chi connectivity index (χ0) is 18.6. The Morgan fingerprint density at radius 2 is 2.04 bits per heavy atom. The second-order valence-corrected chi connectivity index (χ2v) is 6.07. The van der Waals surface area contributed by atoms with Gasteiger partial charge in [0.25, 0.3) is 0 Å². The average molecular weight is 359 g/mol. The Hall–Kier alpha value is -3.67. The van der Waals surface area contributed by atoms with Gasteiger partial charge in [-0.1, -0.05) is 18.2 Å². The minimum absolute atomic E-state index is 0.0855. The number of fused-ring (bicyclic) bond motifs is 1. The van der Waals surface area contributed by atoms with Crippen molar-refractivity contribution >= 4 is 11.6 Å². The summed E-state index contributed by atoms with van der Waals surface area (Å²) < 4.78 is 13.1. The maximum Gasteiger partial charge on any atom is 0.358 e. The van der Waals surface area contributed by atoms with Gasteiger partial charge in [-0.3, -0.25) is 4.98 Å². The number of carbonyl (C=O) groups is 1. The highest BCUT2D eigenvalue weighted by atomic mass is 16.5. The highest BCUT2D eigenvalue weighted by Crippen LogP contribution is 2.25. The number of ether oxygens (including phenoxy) is 2. The fraction of sp³-hybridized carbons (Fsp3) is 0.0952. The van der Waals surface area contributed by atoms with E-state index in [1.54, 1.807) is 29.1 Å². The lowest BCUT2D eigenvalue weighted by Crippen LogP contribution is -2.06. The molecule has 0 aliphatic rings. The molecule has 0 bridgehead atoms. The van der Waals surface area contributed by atoms with E-state index < -0.39 is 5.97 Å². The lowest BCUT2D eigenvalue weighted by molar-refractivity contribution is 0.0464. The number of hydrogen-bond donors (Lipinski definition) is 0. The predicted molar refractivity (Wildman–Crippen MR) is 99.8 cm³/mol. The SMILES string of the molecule is Cc1ccn2cc(C(=O)OCc3ccccc3Oc3cccnc3)nc2c1. The topological polar surface area (TPSA) is 65.7 Å². The molecule has 6 nitrogen and oxygen atoms in total. The number of nitrogens with zero attached hydrogens (tertiary/aromatic N) is 3. The van der Waals surface area contributed by atoms with E-state index in [1.807, 2.05) is 55.6 Å². The van der Waals surface area contributed by atoms with Gasteiger partial charge in [-0.2, -0.15) is 0 Å². The quantitative estimate of drug-likeness (QED) is 0.500. The molecule has 0 radical (unpaired) electrons. The van der Waals surface area contributed by atoms with Crippen LogP contribution in [0.3, 0.4) is 0 Å². The highest BCUT2D eigenvalue weighted by Gasteiger charge is 2.14. The molecule has 4 rings (SSSR count). The molecule has 4 aromatic rings. The summed E-state index contributed by atoms with van der Waals surface area (Å²) in [5, 5.41) is 0. The lowest BCUT2D eigenvalue weighted by Gasteiger charge is -2.10. The number of imidazole rings is 1. The Kier molecular flexibility index (Phi) is 4.53. The van der Waals surface area contributed by atoms with Crippen LogP contribution in [0.25, 0.3) is 5.65 Å². The van der Waals surface area contributed by atoms with Gasteiger partial charge < -0.3 is 13.9 Å². The van der Waals surface area contributed by atoms with Gasteiger partial charge >= 0.3 is 5.97 Å². The van der Waals surface area contributed by atoms with Crippen LogP contribution in [0.4, 0.5) is 0 Å². The number of hydrogen-bond acceptors (Lipinski definition) is 5. The first-order chi connectivity index (χ1) is 13.2. The van der Waals surface area contributed by atoms with Crippen molar-refractivity contribution in [2.45, 2.75) is 13.5 Å². The summed E-state index contributed by atoms with van der Waals surface area (Å²) in [4.78, 5) is 20.7. The van der Waals surface area contributed by atoms with Crippen molar-refractivity contribution in [1.29, 1.82) is 0 Å². The molecule has 0 N–H and O–H groups in total. The highest BCUT2D eigenvalue weighted by molar-refractivity contribution is 5.88. The van der Waals surface area contributed by atoms with E-state index in [-0.39, 0.29) is 12.3 Å². The van der Waals surface area contributed by atoms with Crippen molar-refractivity contribution < 1.29 is 14.3 Å². The third-order valence-corrected chi connectivity index (χ3v) is 4.02. The number of rotatable bonds is 5. The molecule has 0 spiro atoms. The van der Waals surface area contributed by atoms with E-state index >= 15 is 0 Å². The van der Waals surface area contributed by atoms with Crippen LogP contribution in [0.15, 0.2) is 73.3 Å². The van der Waals surface area contributed by atoms with Gasteiger partial charge in [0.2, 0.25) is 0 Å². The molecule has 3 aromatic heterocycles. The molecule has 0 aliphatic heterocycles. The Balaban J connectivity index is 1.48. The summed E-state index contributed by atoms with van der Waals surface area (Å²) in [5.41, 5.74) is 2.82. The molecule has 0 unspecified atom stereocenters. The van der Waals surface area contributed by atoms with E-state index in [0.29, 0.717) is 17.1 Å². The third kappa shape index (κ3) is 3.79. The van der Waals surface area contributed by atoms with Crippen LogP contribution in [0.1, 0.15) is 21.6 Å². The second-order valence-electron chi connectivity index (χ2n) is 6.07. The maximum absolute atomic E-state index is 12.4. The van der Waals surface area contributed by atoms with E-state index in [1.165, 1.54) is 0 Å². The molecule has 27 heavy (non-hydrogen) atoms. The fourth-order valence-electron chi connectivity index (χ4n) is 2.66. The van der Waals surface area contributed by atoms with Crippen LogP contribution in [0.5, 0.6) is 11.5 Å². The van der Waals surface area contributed by atoms with Crippen LogP contribution in [0.2, 0.25) is 0 Å². The van der Waals surface area contributed by atoms with Crippen molar-refractivity contribution in [3.63, 3.8) is 0 Å². The summed E-state index contributed by atoms with van der Waals surface area (Å²) >= 11 is 0. The van der Waals surface area contributed by atoms with Crippen LogP contribution in [-0.2, 0) is 11.3 Å². The van der Waals surface area contributed by atoms with E-state index in [2.05, 4.69) is 9.97 Å². The van der Waals surface area contributed by atoms with Gasteiger partial charge in [0.15, 0.2) is 5.69 Å². The first-order valence-corrected chi connectivity index (χ1v) is 8.47. The van der Waals surface area contributed by atoms with Gasteiger partial charge in [-0.25, -0.2) is 9.78 Å². The van der Waals surface area contributed by atoms with Crippen LogP contribution in [-0.4, -0.2) is 20.3 Å². The summed E-state index contributed by atoms with van der Waals surface area (Å²) in [7, 11) is 0. The van der Waals surface area contributed by atoms with Crippen molar-refractivity contribution in [3.8, 4) is 11.5 Å². The minimum atomic E-state index is -0.479. The molecule has 0 saturated heterocycles. The Labute approximate surface area is 156 Å². The first kappa shape index (κ1) is 16.8. The van der Waals surface area contributed by atoms with E-state index in [4.69, 9.17) is 9.47 Å². The molecule has 3 heterocycles. The Bertz CT molecular complexity index is 1090. The monoisotopic (exact) mass is 359 g/mol. The fourth-order valence-corrected chi connectivity index (χ4v) is 2.66. The number of aromatic nitrogens is 3. The van der Waals surface area contributed by atoms with Gasteiger partial charge in [-0.05, 0) is 42.8 Å². The molecule has 0 amide bonds.